The van der Waals surface area contributed by atoms with E-state index < -0.39 is 18.4 Å². The Labute approximate surface area is 137 Å². The zero-order valence-corrected chi connectivity index (χ0v) is 14.7. The van der Waals surface area contributed by atoms with Crippen molar-refractivity contribution in [1.82, 2.24) is 9.13 Å². The van der Waals surface area contributed by atoms with Crippen molar-refractivity contribution in [2.75, 3.05) is 0 Å². The van der Waals surface area contributed by atoms with E-state index in [9.17, 15) is 17.6 Å². The van der Waals surface area contributed by atoms with Crippen LogP contribution in [0.5, 0.6) is 0 Å². The van der Waals surface area contributed by atoms with Crippen molar-refractivity contribution in [3.63, 3.8) is 0 Å². The van der Waals surface area contributed by atoms with Gasteiger partial charge in [-0.05, 0) is 17.6 Å². The van der Waals surface area contributed by atoms with E-state index in [0.717, 1.165) is 4.57 Å². The van der Waals surface area contributed by atoms with Gasteiger partial charge in [-0.25, -0.2) is 8.78 Å². The van der Waals surface area contributed by atoms with Crippen LogP contribution in [0.15, 0.2) is 10.1 Å². The van der Waals surface area contributed by atoms with Gasteiger partial charge in [-0.1, -0.05) is 20.8 Å². The Balaban J connectivity index is 3.29. The summed E-state index contributed by atoms with van der Waals surface area (Å²) in [5, 5.41) is 0.338. The smallest absolute Gasteiger partial charge is 0.311 e. The first-order valence-corrected chi connectivity index (χ1v) is 7.44. The molecule has 0 unspecified atom stereocenters. The van der Waals surface area contributed by atoms with E-state index in [-0.39, 0.29) is 27.2 Å². The molecule has 0 saturated carbocycles. The number of rotatable bonds is 4. The van der Waals surface area contributed by atoms with Crippen molar-refractivity contribution in [1.29, 1.82) is 0 Å². The summed E-state index contributed by atoms with van der Waals surface area (Å²) in [7, 11) is 0. The Morgan fingerprint density at radius 1 is 0.905 bits per heavy atom. The molecule has 0 aromatic carbocycles. The zero-order valence-electron chi connectivity index (χ0n) is 12.1. The van der Waals surface area contributed by atoms with E-state index in [1.165, 1.54) is 4.57 Å². The molecular formula is C12H18F4N2S3. The largest absolute Gasteiger partial charge is 0.327 e. The van der Waals surface area contributed by atoms with Gasteiger partial charge in [0.2, 0.25) is 0 Å². The second-order valence-electron chi connectivity index (χ2n) is 6.26. The summed E-state index contributed by atoms with van der Waals surface area (Å²) in [4.78, 5) is 0. The zero-order chi connectivity index (χ0) is 16.8. The van der Waals surface area contributed by atoms with Gasteiger partial charge in [-0.15, -0.1) is 25.3 Å². The molecule has 0 bridgehead atoms. The van der Waals surface area contributed by atoms with Crippen LogP contribution in [-0.4, -0.2) is 21.0 Å². The van der Waals surface area contributed by atoms with Crippen LogP contribution in [0.25, 0.3) is 0 Å². The maximum Gasteiger partial charge on any atom is 0.327 e. The third-order valence-electron chi connectivity index (χ3n) is 2.80. The number of hydrogen-bond acceptors (Lipinski definition) is 3. The molecule has 1 aromatic rings. The van der Waals surface area contributed by atoms with Crippen molar-refractivity contribution < 1.29 is 17.6 Å². The molecule has 0 atom stereocenters. The van der Waals surface area contributed by atoms with E-state index >= 15 is 0 Å². The summed E-state index contributed by atoms with van der Waals surface area (Å²) >= 11 is 13.4. The van der Waals surface area contributed by atoms with Gasteiger partial charge in [0.1, 0.15) is 10.1 Å². The van der Waals surface area contributed by atoms with Crippen LogP contribution in [0, 0.1) is 10.2 Å². The monoisotopic (exact) mass is 362 g/mol. The molecule has 0 spiro atoms. The van der Waals surface area contributed by atoms with Crippen LogP contribution in [0.3, 0.4) is 0 Å². The van der Waals surface area contributed by atoms with E-state index in [1.807, 2.05) is 20.8 Å². The molecule has 0 fully saturated rings. The molecule has 0 aliphatic heterocycles. The van der Waals surface area contributed by atoms with Crippen LogP contribution < -0.4 is 0 Å². The van der Waals surface area contributed by atoms with Crippen LogP contribution >= 0.6 is 37.5 Å². The molecule has 0 saturated heterocycles. The quantitative estimate of drug-likeness (QED) is 0.439. The molecule has 2 nitrogen and oxygen atoms in total. The molecule has 1 rings (SSSR count). The summed E-state index contributed by atoms with van der Waals surface area (Å²) in [5.41, 5.74) is -0.181. The minimum atomic E-state index is -4.23. The molecule has 1 heterocycles. The minimum absolute atomic E-state index is 0.00356. The van der Waals surface area contributed by atoms with Crippen molar-refractivity contribution in [3.8, 4) is 0 Å². The van der Waals surface area contributed by atoms with E-state index in [4.69, 9.17) is 12.2 Å². The van der Waals surface area contributed by atoms with Gasteiger partial charge < -0.3 is 9.13 Å². The van der Waals surface area contributed by atoms with Crippen molar-refractivity contribution >= 4 is 37.5 Å². The topological polar surface area (TPSA) is 9.86 Å². The highest BCUT2D eigenvalue weighted by atomic mass is 32.1. The number of thiol groups is 2. The lowest BCUT2D eigenvalue weighted by Gasteiger charge is -2.24. The second kappa shape index (κ2) is 5.81. The summed E-state index contributed by atoms with van der Waals surface area (Å²) in [6, 6.07) is 0. The Bertz CT molecular complexity index is 579. The highest BCUT2D eigenvalue weighted by Gasteiger charge is 2.52. The Morgan fingerprint density at radius 2 is 1.29 bits per heavy atom. The molecule has 0 N–H and O–H groups in total. The van der Waals surface area contributed by atoms with Crippen molar-refractivity contribution in [2.45, 2.75) is 62.7 Å². The van der Waals surface area contributed by atoms with Crippen molar-refractivity contribution in [3.05, 3.63) is 4.77 Å². The lowest BCUT2D eigenvalue weighted by Crippen LogP contribution is -2.41. The van der Waals surface area contributed by atoms with Gasteiger partial charge in [-0.3, -0.25) is 0 Å². The van der Waals surface area contributed by atoms with Crippen LogP contribution in [0.1, 0.15) is 27.7 Å². The van der Waals surface area contributed by atoms with Crippen LogP contribution in [-0.2, 0) is 13.1 Å². The highest BCUT2D eigenvalue weighted by Crippen LogP contribution is 2.37. The van der Waals surface area contributed by atoms with Crippen LogP contribution in [0.4, 0.5) is 17.6 Å². The summed E-state index contributed by atoms with van der Waals surface area (Å²) in [6.45, 7) is 5.17. The fraction of sp³-hybridized carbons (Fsp3) is 0.750. The number of alkyl halides is 4. The second-order valence-corrected chi connectivity index (χ2v) is 7.47. The van der Waals surface area contributed by atoms with Gasteiger partial charge in [0, 0.05) is 13.5 Å². The Morgan fingerprint density at radius 3 is 1.62 bits per heavy atom. The molecule has 0 aliphatic carbocycles. The first-order valence-electron chi connectivity index (χ1n) is 6.14. The first-order chi connectivity index (χ1) is 9.17. The molecule has 9 heteroatoms. The fourth-order valence-electron chi connectivity index (χ4n) is 1.67. The number of imidazole rings is 1. The van der Waals surface area contributed by atoms with E-state index in [2.05, 4.69) is 25.3 Å². The molecule has 0 aliphatic rings. The molecule has 0 radical (unpaired) electrons. The van der Waals surface area contributed by atoms with Gasteiger partial charge in [0.25, 0.3) is 0 Å². The molecule has 1 aromatic heterocycles. The first kappa shape index (κ1) is 18.9. The maximum atomic E-state index is 13.6. The van der Waals surface area contributed by atoms with Crippen LogP contribution in [0.2, 0.25) is 0 Å². The minimum Gasteiger partial charge on any atom is -0.311 e. The molecule has 0 amide bonds. The average molecular weight is 362 g/mol. The molecular weight excluding hydrogens is 344 g/mol. The third-order valence-corrected chi connectivity index (χ3v) is 4.33. The molecule has 122 valence electrons. The molecule has 21 heavy (non-hydrogen) atoms. The predicted octanol–water partition coefficient (Wildman–Crippen LogP) is 4.93. The number of aromatic nitrogens is 2. The van der Waals surface area contributed by atoms with Gasteiger partial charge in [0.05, 0.1) is 6.54 Å². The lowest BCUT2D eigenvalue weighted by molar-refractivity contribution is -0.205. The van der Waals surface area contributed by atoms with Gasteiger partial charge >= 0.3 is 11.8 Å². The SMILES string of the molecule is CC(C)(C)Cn1c(S)c(S)n(CC(F)(F)C(C)(F)F)c1=S. The maximum absolute atomic E-state index is 13.6. The lowest BCUT2D eigenvalue weighted by atomic mass is 9.97. The number of halogens is 4. The predicted molar refractivity (Wildman–Crippen MR) is 82.8 cm³/mol. The number of nitrogens with zero attached hydrogens (tertiary/aromatic N) is 2. The van der Waals surface area contributed by atoms with Gasteiger partial charge in [-0.2, -0.15) is 8.78 Å². The summed E-state index contributed by atoms with van der Waals surface area (Å²) in [6.07, 6.45) is 0. The Hall–Kier alpha value is -0.150. The summed E-state index contributed by atoms with van der Waals surface area (Å²) < 4.78 is 55.5. The summed E-state index contributed by atoms with van der Waals surface area (Å²) in [5.74, 6) is -8.37. The third kappa shape index (κ3) is 4.19. The van der Waals surface area contributed by atoms with Gasteiger partial charge in [0.15, 0.2) is 4.77 Å². The number of hydrogen-bond donors (Lipinski definition) is 2. The average Bonchev–Trinajstić information content (AvgIpc) is 2.43. The Kier molecular flexibility index (Phi) is 5.23. The standard InChI is InChI=1S/C12H18F4N2S3/c1-10(2,3)5-17-7(19)8(20)18(9(17)21)6-12(15,16)11(4,13)14/h19-20H,5-6H2,1-4H3. The van der Waals surface area contributed by atoms with E-state index in [0.29, 0.717) is 6.54 Å². The highest BCUT2D eigenvalue weighted by molar-refractivity contribution is 7.83. The normalized spacial score (nSPS) is 13.8. The van der Waals surface area contributed by atoms with Crippen molar-refractivity contribution in [2.24, 2.45) is 5.41 Å². The fourth-order valence-corrected chi connectivity index (χ4v) is 2.68. The van der Waals surface area contributed by atoms with E-state index in [1.54, 1.807) is 0 Å².